The molecule has 0 aliphatic rings. The van der Waals surface area contributed by atoms with E-state index in [0.29, 0.717) is 0 Å². The SMILES string of the molecule is CCC=CCCCCCCCCCCCCl. The van der Waals surface area contributed by atoms with Crippen LogP contribution in [0.4, 0.5) is 0 Å². The van der Waals surface area contributed by atoms with Gasteiger partial charge in [0, 0.05) is 5.88 Å². The van der Waals surface area contributed by atoms with Crippen molar-refractivity contribution < 1.29 is 0 Å². The maximum absolute atomic E-state index is 5.63. The van der Waals surface area contributed by atoms with Gasteiger partial charge in [-0.05, 0) is 25.7 Å². The molecule has 0 amide bonds. The smallest absolute Gasteiger partial charge is 0.0223 e. The highest BCUT2D eigenvalue weighted by atomic mass is 35.5. The summed E-state index contributed by atoms with van der Waals surface area (Å²) in [5, 5.41) is 0. The summed E-state index contributed by atoms with van der Waals surface area (Å²) in [5.74, 6) is 0.839. The molecule has 0 aromatic heterocycles. The van der Waals surface area contributed by atoms with E-state index in [1.807, 2.05) is 0 Å². The molecule has 96 valence electrons. The van der Waals surface area contributed by atoms with Crippen molar-refractivity contribution >= 4 is 11.6 Å². The molecule has 0 bridgehead atoms. The van der Waals surface area contributed by atoms with Crippen LogP contribution in [0, 0.1) is 0 Å². The van der Waals surface area contributed by atoms with E-state index >= 15 is 0 Å². The van der Waals surface area contributed by atoms with E-state index in [-0.39, 0.29) is 0 Å². The van der Waals surface area contributed by atoms with Crippen LogP contribution in [-0.2, 0) is 0 Å². The first-order valence-electron chi connectivity index (χ1n) is 7.12. The Hall–Kier alpha value is 0.0300. The fourth-order valence-corrected chi connectivity index (χ4v) is 2.07. The second-order valence-electron chi connectivity index (χ2n) is 4.54. The molecule has 0 atom stereocenters. The molecule has 1 heteroatoms. The van der Waals surface area contributed by atoms with Crippen LogP contribution in [0.25, 0.3) is 0 Å². The highest BCUT2D eigenvalue weighted by Gasteiger charge is 1.91. The van der Waals surface area contributed by atoms with Crippen molar-refractivity contribution in [2.24, 2.45) is 0 Å². The van der Waals surface area contributed by atoms with Gasteiger partial charge in [0.25, 0.3) is 0 Å². The molecule has 0 aliphatic heterocycles. The van der Waals surface area contributed by atoms with Gasteiger partial charge in [0.05, 0.1) is 0 Å². The van der Waals surface area contributed by atoms with Gasteiger partial charge in [0.1, 0.15) is 0 Å². The summed E-state index contributed by atoms with van der Waals surface area (Å²) >= 11 is 5.63. The van der Waals surface area contributed by atoms with E-state index in [1.54, 1.807) is 0 Å². The molecule has 0 saturated heterocycles. The lowest BCUT2D eigenvalue weighted by Crippen LogP contribution is -1.82. The monoisotopic (exact) mass is 244 g/mol. The largest absolute Gasteiger partial charge is 0.127 e. The van der Waals surface area contributed by atoms with Gasteiger partial charge in [-0.3, -0.25) is 0 Å². The molecule has 0 aromatic rings. The Labute approximate surface area is 107 Å². The third-order valence-electron chi connectivity index (χ3n) is 2.91. The van der Waals surface area contributed by atoms with Crippen LogP contribution in [0.3, 0.4) is 0 Å². The Bertz CT molecular complexity index is 140. The van der Waals surface area contributed by atoms with Crippen LogP contribution in [-0.4, -0.2) is 5.88 Å². The highest BCUT2D eigenvalue weighted by Crippen LogP contribution is 2.11. The van der Waals surface area contributed by atoms with Crippen LogP contribution in [0.5, 0.6) is 0 Å². The number of hydrogen-bond donors (Lipinski definition) is 0. The van der Waals surface area contributed by atoms with Gasteiger partial charge in [-0.1, -0.05) is 64.0 Å². The summed E-state index contributed by atoms with van der Waals surface area (Å²) in [6.45, 7) is 2.20. The molecule has 0 nitrogen and oxygen atoms in total. The Morgan fingerprint density at radius 3 is 1.69 bits per heavy atom. The zero-order valence-corrected chi connectivity index (χ0v) is 11.8. The fourth-order valence-electron chi connectivity index (χ4n) is 1.88. The minimum atomic E-state index is 0.839. The molecule has 0 spiro atoms. The summed E-state index contributed by atoms with van der Waals surface area (Å²) in [7, 11) is 0. The van der Waals surface area contributed by atoms with E-state index in [9.17, 15) is 0 Å². The van der Waals surface area contributed by atoms with E-state index in [0.717, 1.165) is 5.88 Å². The Morgan fingerprint density at radius 2 is 1.19 bits per heavy atom. The molecule has 0 unspecified atom stereocenters. The average molecular weight is 245 g/mol. The Balaban J connectivity index is 2.90. The molecule has 0 rings (SSSR count). The van der Waals surface area contributed by atoms with Crippen molar-refractivity contribution in [1.82, 2.24) is 0 Å². The standard InChI is InChI=1S/C15H29Cl/c1-2-3-4-5-6-7-8-9-10-11-12-13-14-15-16/h3-4H,2,5-15H2,1H3. The second kappa shape index (κ2) is 15.0. The average Bonchev–Trinajstić information content (AvgIpc) is 2.31. The van der Waals surface area contributed by atoms with Gasteiger partial charge in [-0.15, -0.1) is 11.6 Å². The zero-order chi connectivity index (χ0) is 11.9. The number of halogens is 1. The minimum Gasteiger partial charge on any atom is -0.127 e. The minimum absolute atomic E-state index is 0.839. The van der Waals surface area contributed by atoms with Crippen molar-refractivity contribution in [2.45, 2.75) is 77.6 Å². The van der Waals surface area contributed by atoms with Crippen molar-refractivity contribution in [3.8, 4) is 0 Å². The first-order chi connectivity index (χ1) is 7.91. The van der Waals surface area contributed by atoms with Gasteiger partial charge >= 0.3 is 0 Å². The Morgan fingerprint density at radius 1 is 0.688 bits per heavy atom. The van der Waals surface area contributed by atoms with E-state index in [1.165, 1.54) is 70.6 Å². The van der Waals surface area contributed by atoms with Gasteiger partial charge in [0.2, 0.25) is 0 Å². The first kappa shape index (κ1) is 16.0. The first-order valence-corrected chi connectivity index (χ1v) is 7.66. The topological polar surface area (TPSA) is 0 Å². The molecule has 0 aliphatic carbocycles. The summed E-state index contributed by atoms with van der Waals surface area (Å²) in [4.78, 5) is 0. The molecule has 0 N–H and O–H groups in total. The second-order valence-corrected chi connectivity index (χ2v) is 4.92. The maximum Gasteiger partial charge on any atom is 0.0223 e. The summed E-state index contributed by atoms with van der Waals surface area (Å²) in [6, 6.07) is 0. The molecular weight excluding hydrogens is 216 g/mol. The van der Waals surface area contributed by atoms with Crippen LogP contribution < -0.4 is 0 Å². The van der Waals surface area contributed by atoms with Gasteiger partial charge in [-0.25, -0.2) is 0 Å². The molecule has 0 heterocycles. The maximum atomic E-state index is 5.63. The lowest BCUT2D eigenvalue weighted by molar-refractivity contribution is 0.567. The van der Waals surface area contributed by atoms with Crippen LogP contribution in [0.15, 0.2) is 12.2 Å². The van der Waals surface area contributed by atoms with Crippen molar-refractivity contribution in [1.29, 1.82) is 0 Å². The predicted octanol–water partition coefficient (Wildman–Crippen LogP) is 6.09. The van der Waals surface area contributed by atoms with Crippen LogP contribution in [0.1, 0.15) is 77.6 Å². The van der Waals surface area contributed by atoms with Crippen LogP contribution in [0.2, 0.25) is 0 Å². The fraction of sp³-hybridized carbons (Fsp3) is 0.867. The zero-order valence-electron chi connectivity index (χ0n) is 11.0. The number of alkyl halides is 1. The predicted molar refractivity (Wildman–Crippen MR) is 76.3 cm³/mol. The number of rotatable bonds is 12. The third-order valence-corrected chi connectivity index (χ3v) is 3.17. The van der Waals surface area contributed by atoms with E-state index in [4.69, 9.17) is 11.6 Å². The van der Waals surface area contributed by atoms with Crippen molar-refractivity contribution in [2.75, 3.05) is 5.88 Å². The van der Waals surface area contributed by atoms with E-state index in [2.05, 4.69) is 19.1 Å². The van der Waals surface area contributed by atoms with Gasteiger partial charge in [0.15, 0.2) is 0 Å². The highest BCUT2D eigenvalue weighted by molar-refractivity contribution is 6.17. The number of unbranched alkanes of at least 4 members (excludes halogenated alkanes) is 9. The molecule has 0 radical (unpaired) electrons. The summed E-state index contributed by atoms with van der Waals surface area (Å²) < 4.78 is 0. The van der Waals surface area contributed by atoms with Crippen molar-refractivity contribution in [3.63, 3.8) is 0 Å². The molecule has 0 saturated carbocycles. The van der Waals surface area contributed by atoms with Crippen molar-refractivity contribution in [3.05, 3.63) is 12.2 Å². The molecular formula is C15H29Cl. The number of allylic oxidation sites excluding steroid dienone is 2. The summed E-state index contributed by atoms with van der Waals surface area (Å²) in [5.41, 5.74) is 0. The quantitative estimate of drug-likeness (QED) is 0.221. The van der Waals surface area contributed by atoms with Gasteiger partial charge in [-0.2, -0.15) is 0 Å². The summed E-state index contributed by atoms with van der Waals surface area (Å²) in [6.07, 6.45) is 19.4. The molecule has 0 fully saturated rings. The van der Waals surface area contributed by atoms with E-state index < -0.39 is 0 Å². The lowest BCUT2D eigenvalue weighted by atomic mass is 10.1. The van der Waals surface area contributed by atoms with Gasteiger partial charge < -0.3 is 0 Å². The molecule has 0 aromatic carbocycles. The third kappa shape index (κ3) is 14.0. The van der Waals surface area contributed by atoms with Crippen LogP contribution >= 0.6 is 11.6 Å². The lowest BCUT2D eigenvalue weighted by Gasteiger charge is -2.00. The Kier molecular flexibility index (Phi) is 15.1. The normalized spacial score (nSPS) is 11.4. The molecule has 16 heavy (non-hydrogen) atoms. The number of hydrogen-bond acceptors (Lipinski definition) is 0.